The average Bonchev–Trinajstić information content (AvgIpc) is 3.18. The van der Waals surface area contributed by atoms with Crippen LogP contribution in [0.15, 0.2) is 72.3 Å². The largest absolute Gasteiger partial charge is 0.507 e. The predicted octanol–water partition coefficient (Wildman–Crippen LogP) is 5.51. The third kappa shape index (κ3) is 4.85. The lowest BCUT2D eigenvalue weighted by Crippen LogP contribution is -2.29. The fraction of sp³-hybridized carbons (Fsp3) is 0.233. The summed E-state index contributed by atoms with van der Waals surface area (Å²) < 4.78 is 10.6. The van der Waals surface area contributed by atoms with Gasteiger partial charge >= 0.3 is 5.97 Å². The number of aliphatic hydroxyl groups excluding tert-OH is 1. The van der Waals surface area contributed by atoms with Crippen LogP contribution >= 0.6 is 0 Å². The van der Waals surface area contributed by atoms with Gasteiger partial charge < -0.3 is 14.6 Å². The first kappa shape index (κ1) is 25.7. The van der Waals surface area contributed by atoms with Crippen molar-refractivity contribution in [2.24, 2.45) is 0 Å². The van der Waals surface area contributed by atoms with Crippen LogP contribution in [0, 0.1) is 13.8 Å². The molecule has 1 fully saturated rings. The molecule has 0 aromatic heterocycles. The monoisotopic (exact) mass is 499 g/mol. The number of ether oxygens (including phenoxy) is 2. The third-order valence-electron chi connectivity index (χ3n) is 6.35. The molecule has 1 saturated heterocycles. The molecule has 1 unspecified atom stereocenters. The minimum Gasteiger partial charge on any atom is -0.507 e. The summed E-state index contributed by atoms with van der Waals surface area (Å²) in [6.45, 7) is 5.81. The van der Waals surface area contributed by atoms with Crippen molar-refractivity contribution >= 4 is 29.1 Å². The fourth-order valence-corrected chi connectivity index (χ4v) is 4.52. The Labute approximate surface area is 215 Å². The Hall–Kier alpha value is -4.39. The van der Waals surface area contributed by atoms with Crippen molar-refractivity contribution in [3.8, 4) is 5.75 Å². The molecule has 3 aromatic carbocycles. The Morgan fingerprint density at radius 3 is 2.38 bits per heavy atom. The Morgan fingerprint density at radius 1 is 0.973 bits per heavy atom. The molecule has 1 heterocycles. The zero-order valence-corrected chi connectivity index (χ0v) is 21.3. The first-order chi connectivity index (χ1) is 17.8. The lowest BCUT2D eigenvalue weighted by molar-refractivity contribution is -0.132. The number of carbonyl (C=O) groups is 3. The van der Waals surface area contributed by atoms with Gasteiger partial charge in [-0.2, -0.15) is 0 Å². The second kappa shape index (κ2) is 10.7. The van der Waals surface area contributed by atoms with Crippen molar-refractivity contribution in [1.82, 2.24) is 0 Å². The molecule has 0 radical (unpaired) electrons. The molecule has 1 aliphatic heterocycles. The van der Waals surface area contributed by atoms with Crippen molar-refractivity contribution in [3.05, 3.63) is 100 Å². The summed E-state index contributed by atoms with van der Waals surface area (Å²) in [5.74, 6) is -1.73. The molecule has 7 heteroatoms. The highest BCUT2D eigenvalue weighted by molar-refractivity contribution is 6.51. The number of rotatable bonds is 7. The molecule has 0 spiro atoms. The van der Waals surface area contributed by atoms with Gasteiger partial charge in [0.1, 0.15) is 11.5 Å². The Morgan fingerprint density at radius 2 is 1.70 bits per heavy atom. The van der Waals surface area contributed by atoms with Crippen molar-refractivity contribution in [1.29, 1.82) is 0 Å². The van der Waals surface area contributed by atoms with Crippen molar-refractivity contribution in [2.45, 2.75) is 33.2 Å². The van der Waals surface area contributed by atoms with E-state index in [1.807, 2.05) is 19.9 Å². The Kier molecular flexibility index (Phi) is 7.43. The van der Waals surface area contributed by atoms with E-state index in [2.05, 4.69) is 0 Å². The van der Waals surface area contributed by atoms with Crippen LogP contribution in [-0.4, -0.2) is 36.5 Å². The third-order valence-corrected chi connectivity index (χ3v) is 6.35. The van der Waals surface area contributed by atoms with E-state index >= 15 is 0 Å². The number of aliphatic hydroxyl groups is 1. The number of nitrogens with zero attached hydrogens (tertiary/aromatic N) is 1. The summed E-state index contributed by atoms with van der Waals surface area (Å²) in [4.78, 5) is 40.7. The molecule has 190 valence electrons. The van der Waals surface area contributed by atoms with E-state index in [4.69, 9.17) is 9.47 Å². The van der Waals surface area contributed by atoms with Gasteiger partial charge in [-0.05, 0) is 67.3 Å². The van der Waals surface area contributed by atoms with Gasteiger partial charge in [0.05, 0.1) is 30.9 Å². The molecular formula is C30H29NO6. The van der Waals surface area contributed by atoms with E-state index in [0.29, 0.717) is 34.5 Å². The lowest BCUT2D eigenvalue weighted by atomic mass is 9.93. The quantitative estimate of drug-likeness (QED) is 0.200. The first-order valence-electron chi connectivity index (χ1n) is 12.1. The second-order valence-corrected chi connectivity index (χ2v) is 8.90. The standard InChI is InChI=1S/C30H29NO6/c1-5-14-37-30(35)21-12-9-13-22(17-21)31-26(20-10-7-6-8-11-20)25(28(33)29(31)34)27(32)23-15-19(3)24(36-4)16-18(23)2/h6-13,15-17,26,32H,5,14H2,1-4H3/b27-25+. The number of ketones is 1. The van der Waals surface area contributed by atoms with Gasteiger partial charge in [-0.15, -0.1) is 0 Å². The molecular weight excluding hydrogens is 470 g/mol. The smallest absolute Gasteiger partial charge is 0.338 e. The van der Waals surface area contributed by atoms with Crippen molar-refractivity contribution in [3.63, 3.8) is 0 Å². The summed E-state index contributed by atoms with van der Waals surface area (Å²) in [5, 5.41) is 11.5. The van der Waals surface area contributed by atoms with E-state index in [9.17, 15) is 19.5 Å². The number of hydrogen-bond donors (Lipinski definition) is 1. The highest BCUT2D eigenvalue weighted by Gasteiger charge is 2.47. The number of amides is 1. The van der Waals surface area contributed by atoms with Gasteiger partial charge in [0.25, 0.3) is 11.7 Å². The van der Waals surface area contributed by atoms with Crippen LogP contribution in [0.2, 0.25) is 0 Å². The van der Waals surface area contributed by atoms with Gasteiger partial charge in [0, 0.05) is 11.3 Å². The zero-order valence-electron chi connectivity index (χ0n) is 21.3. The molecule has 0 saturated carbocycles. The summed E-state index contributed by atoms with van der Waals surface area (Å²) in [6.07, 6.45) is 0.679. The molecule has 3 aromatic rings. The zero-order chi connectivity index (χ0) is 26.7. The Balaban J connectivity index is 1.89. The number of methoxy groups -OCH3 is 1. The maximum Gasteiger partial charge on any atom is 0.338 e. The first-order valence-corrected chi connectivity index (χ1v) is 12.1. The van der Waals surface area contributed by atoms with Crippen LogP contribution in [0.4, 0.5) is 5.69 Å². The van der Waals surface area contributed by atoms with Crippen LogP contribution in [0.1, 0.15) is 52.0 Å². The normalized spacial score (nSPS) is 16.6. The van der Waals surface area contributed by atoms with E-state index in [1.165, 1.54) is 11.0 Å². The molecule has 4 rings (SSSR count). The van der Waals surface area contributed by atoms with E-state index in [1.54, 1.807) is 68.6 Å². The van der Waals surface area contributed by atoms with Gasteiger partial charge in [0.15, 0.2) is 0 Å². The fourth-order valence-electron chi connectivity index (χ4n) is 4.52. The van der Waals surface area contributed by atoms with Crippen LogP contribution < -0.4 is 9.64 Å². The molecule has 0 aliphatic carbocycles. The topological polar surface area (TPSA) is 93.1 Å². The van der Waals surface area contributed by atoms with Crippen LogP contribution in [0.3, 0.4) is 0 Å². The van der Waals surface area contributed by atoms with Crippen LogP contribution in [0.25, 0.3) is 5.76 Å². The molecule has 37 heavy (non-hydrogen) atoms. The van der Waals surface area contributed by atoms with Crippen LogP contribution in [0.5, 0.6) is 5.75 Å². The minimum atomic E-state index is -0.898. The number of carbonyl (C=O) groups excluding carboxylic acids is 3. The molecule has 7 nitrogen and oxygen atoms in total. The average molecular weight is 500 g/mol. The molecule has 1 aliphatic rings. The molecule has 1 N–H and O–H groups in total. The maximum absolute atomic E-state index is 13.4. The SMILES string of the molecule is CCCOC(=O)c1cccc(N2C(=O)C(=O)/C(=C(/O)c3cc(C)c(OC)cc3C)C2c2ccccc2)c1. The summed E-state index contributed by atoms with van der Waals surface area (Å²) in [6, 6.07) is 18.1. The minimum absolute atomic E-state index is 0.0252. The van der Waals surface area contributed by atoms with E-state index in [0.717, 1.165) is 5.56 Å². The highest BCUT2D eigenvalue weighted by atomic mass is 16.5. The number of hydrogen-bond acceptors (Lipinski definition) is 6. The number of benzene rings is 3. The maximum atomic E-state index is 13.4. The van der Waals surface area contributed by atoms with Crippen molar-refractivity contribution < 1.29 is 29.0 Å². The predicted molar refractivity (Wildman–Crippen MR) is 141 cm³/mol. The van der Waals surface area contributed by atoms with Gasteiger partial charge in [-0.1, -0.05) is 43.3 Å². The molecule has 1 amide bonds. The van der Waals surface area contributed by atoms with Gasteiger partial charge in [0.2, 0.25) is 0 Å². The lowest BCUT2D eigenvalue weighted by Gasteiger charge is -2.26. The molecule has 0 bridgehead atoms. The summed E-state index contributed by atoms with van der Waals surface area (Å²) >= 11 is 0. The summed E-state index contributed by atoms with van der Waals surface area (Å²) in [5.41, 5.74) is 3.14. The number of aryl methyl sites for hydroxylation is 2. The molecule has 1 atom stereocenters. The highest BCUT2D eigenvalue weighted by Crippen LogP contribution is 2.43. The second-order valence-electron chi connectivity index (χ2n) is 8.90. The van der Waals surface area contributed by atoms with E-state index in [-0.39, 0.29) is 23.5 Å². The van der Waals surface area contributed by atoms with Gasteiger partial charge in [-0.25, -0.2) is 4.79 Å². The number of esters is 1. The number of Topliss-reactive ketones (excluding diaryl/α,β-unsaturated/α-hetero) is 1. The van der Waals surface area contributed by atoms with E-state index < -0.39 is 23.7 Å². The van der Waals surface area contributed by atoms with Crippen molar-refractivity contribution in [2.75, 3.05) is 18.6 Å². The van der Waals surface area contributed by atoms with Gasteiger partial charge in [-0.3, -0.25) is 14.5 Å². The summed E-state index contributed by atoms with van der Waals surface area (Å²) in [7, 11) is 1.56. The Bertz CT molecular complexity index is 1390. The number of anilines is 1. The van der Waals surface area contributed by atoms with Crippen LogP contribution in [-0.2, 0) is 14.3 Å².